The molecule has 2 atom stereocenters. The molecule has 1 fully saturated rings. The Morgan fingerprint density at radius 2 is 1.71 bits per heavy atom. The highest BCUT2D eigenvalue weighted by atomic mass is 19.4. The van der Waals surface area contributed by atoms with Crippen molar-refractivity contribution in [1.82, 2.24) is 14.8 Å². The summed E-state index contributed by atoms with van der Waals surface area (Å²) in [7, 11) is 0. The maximum atomic E-state index is 15.9. The van der Waals surface area contributed by atoms with Gasteiger partial charge in [0.25, 0.3) is 5.56 Å². The van der Waals surface area contributed by atoms with E-state index in [4.69, 9.17) is 6.42 Å². The lowest BCUT2D eigenvalue weighted by molar-refractivity contribution is -0.139. The quantitative estimate of drug-likeness (QED) is 0.168. The van der Waals surface area contributed by atoms with Crippen LogP contribution in [0, 0.1) is 43.7 Å². The molecule has 256 valence electrons. The zero-order chi connectivity index (χ0) is 35.5. The van der Waals surface area contributed by atoms with Crippen LogP contribution in [0.3, 0.4) is 0 Å². The lowest BCUT2D eigenvalue weighted by atomic mass is 9.90. The number of rotatable bonds is 12. The second-order valence-electron chi connectivity index (χ2n) is 12.7. The fourth-order valence-electron chi connectivity index (χ4n) is 6.17. The van der Waals surface area contributed by atoms with Gasteiger partial charge in [-0.25, -0.2) is 8.78 Å². The predicted octanol–water partition coefficient (Wildman–Crippen LogP) is 6.58. The molecule has 1 amide bonds. The molecule has 2 heterocycles. The Balaban J connectivity index is 1.80. The molecule has 0 saturated carbocycles. The fourth-order valence-corrected chi connectivity index (χ4v) is 6.17. The van der Waals surface area contributed by atoms with Gasteiger partial charge < -0.3 is 19.9 Å². The van der Waals surface area contributed by atoms with Gasteiger partial charge in [-0.15, -0.1) is 6.42 Å². The predicted molar refractivity (Wildman–Crippen MR) is 171 cm³/mol. The third kappa shape index (κ3) is 8.31. The van der Waals surface area contributed by atoms with Crippen LogP contribution in [0.1, 0.15) is 78.6 Å². The molecule has 48 heavy (non-hydrogen) atoms. The molecule has 12 heteroatoms. The number of carbonyl (C=O) groups excluding carboxylic acids is 1. The summed E-state index contributed by atoms with van der Waals surface area (Å²) in [6.45, 7) is 8.65. The highest BCUT2D eigenvalue weighted by Crippen LogP contribution is 2.35. The van der Waals surface area contributed by atoms with E-state index in [2.05, 4.69) is 11.2 Å². The van der Waals surface area contributed by atoms with Gasteiger partial charge in [-0.2, -0.15) is 13.2 Å². The van der Waals surface area contributed by atoms with E-state index in [1.54, 1.807) is 27.7 Å². The van der Waals surface area contributed by atoms with Crippen molar-refractivity contribution in [3.8, 4) is 23.5 Å². The minimum Gasteiger partial charge on any atom is -0.481 e. The summed E-state index contributed by atoms with van der Waals surface area (Å²) < 4.78 is 72.9. The molecule has 7 nitrogen and oxygen atoms in total. The van der Waals surface area contributed by atoms with Gasteiger partial charge in [0.1, 0.15) is 17.7 Å². The normalized spacial score (nSPS) is 14.7. The smallest absolute Gasteiger partial charge is 0.416 e. The van der Waals surface area contributed by atoms with Crippen molar-refractivity contribution in [3.05, 3.63) is 91.9 Å². The summed E-state index contributed by atoms with van der Waals surface area (Å²) in [5.41, 5.74) is -0.847. The molecule has 2 aromatic carbocycles. The molecule has 3 aromatic rings. The van der Waals surface area contributed by atoms with Crippen molar-refractivity contribution in [3.63, 3.8) is 0 Å². The number of hydrogen-bond acceptors (Lipinski definition) is 4. The van der Waals surface area contributed by atoms with E-state index in [0.29, 0.717) is 34.9 Å². The van der Waals surface area contributed by atoms with Crippen LogP contribution >= 0.6 is 0 Å². The molecular weight excluding hydrogens is 633 g/mol. The number of aromatic nitrogens is 1. The number of likely N-dealkylation sites (tertiary alicyclic amines) is 1. The number of nitrogens with zero attached hydrogens (tertiary/aromatic N) is 2. The van der Waals surface area contributed by atoms with Crippen LogP contribution in [0.25, 0.3) is 11.1 Å². The topological polar surface area (TPSA) is 91.6 Å². The summed E-state index contributed by atoms with van der Waals surface area (Å²) in [5, 5.41) is 12.3. The number of aliphatic carboxylic acids is 1. The van der Waals surface area contributed by atoms with Gasteiger partial charge in [-0.1, -0.05) is 19.8 Å². The van der Waals surface area contributed by atoms with Crippen LogP contribution in [-0.2, 0) is 22.2 Å². The standard InChI is InChI=1S/C36H38F5N3O4/c1-6-23-15-25(33-21(4)13-26(37)14-22(33)5)16-27(34(23)38)29(18-32(46)47)42-35(48)30(12-20(2)3)44-19-24(8-11-43-9-7-10-43)28(17-31(44)45)36(39,40)41/h1,13-17,19-20,29-30H,7-12,18H2,2-5H3,(H,42,48)(H,46,47)/t29-,30-/m0/s1. The van der Waals surface area contributed by atoms with Crippen LogP contribution in [0.4, 0.5) is 22.0 Å². The highest BCUT2D eigenvalue weighted by Gasteiger charge is 2.36. The van der Waals surface area contributed by atoms with E-state index in [1.165, 1.54) is 24.3 Å². The number of nitrogens with one attached hydrogen (secondary N) is 1. The first-order valence-corrected chi connectivity index (χ1v) is 15.6. The van der Waals surface area contributed by atoms with Crippen LogP contribution in [0.15, 0.2) is 41.3 Å². The van der Waals surface area contributed by atoms with Crippen molar-refractivity contribution in [2.75, 3.05) is 19.6 Å². The molecular formula is C36H38F5N3O4. The SMILES string of the molecule is C#Cc1cc(-c2c(C)cc(F)cc2C)cc([C@H](CC(=O)O)NC(=O)[C@H](CC(C)C)n2cc(CCN3CCC3)c(C(F)(F)F)cc2=O)c1F. The number of carbonyl (C=O) groups is 2. The van der Waals surface area contributed by atoms with E-state index >= 15 is 4.39 Å². The summed E-state index contributed by atoms with van der Waals surface area (Å²) in [6.07, 6.45) is 2.01. The Morgan fingerprint density at radius 1 is 1.06 bits per heavy atom. The molecule has 1 saturated heterocycles. The molecule has 0 aliphatic carbocycles. The summed E-state index contributed by atoms with van der Waals surface area (Å²) in [5.74, 6) is -1.69. The zero-order valence-corrected chi connectivity index (χ0v) is 27.2. The number of benzene rings is 2. The van der Waals surface area contributed by atoms with E-state index in [0.717, 1.165) is 30.3 Å². The van der Waals surface area contributed by atoms with Crippen LogP contribution < -0.4 is 10.9 Å². The third-order valence-corrected chi connectivity index (χ3v) is 8.56. The Hall–Kier alpha value is -4.50. The third-order valence-electron chi connectivity index (χ3n) is 8.56. The average Bonchev–Trinajstić information content (AvgIpc) is 2.94. The maximum Gasteiger partial charge on any atom is 0.416 e. The van der Waals surface area contributed by atoms with Gasteiger partial charge >= 0.3 is 12.1 Å². The highest BCUT2D eigenvalue weighted by molar-refractivity contribution is 5.82. The molecule has 0 unspecified atom stereocenters. The minimum absolute atomic E-state index is 0.00849. The number of halogens is 5. The average molecular weight is 672 g/mol. The number of aryl methyl sites for hydroxylation is 2. The maximum absolute atomic E-state index is 15.9. The van der Waals surface area contributed by atoms with E-state index < -0.39 is 59.3 Å². The van der Waals surface area contributed by atoms with Crippen LogP contribution in [0.5, 0.6) is 0 Å². The number of alkyl halides is 3. The first kappa shape index (κ1) is 36.3. The van der Waals surface area contributed by atoms with Crippen molar-refractivity contribution >= 4 is 11.9 Å². The Kier molecular flexibility index (Phi) is 11.1. The van der Waals surface area contributed by atoms with Crippen LogP contribution in [-0.4, -0.2) is 46.1 Å². The molecule has 1 aromatic heterocycles. The van der Waals surface area contributed by atoms with Crippen LogP contribution in [0.2, 0.25) is 0 Å². The molecule has 4 rings (SSSR count). The van der Waals surface area contributed by atoms with Crippen molar-refractivity contribution in [2.24, 2.45) is 5.92 Å². The minimum atomic E-state index is -4.80. The molecule has 1 aliphatic heterocycles. The summed E-state index contributed by atoms with van der Waals surface area (Å²) in [6, 6.07) is 2.92. The molecule has 2 N–H and O–H groups in total. The number of terminal acetylenes is 1. The van der Waals surface area contributed by atoms with E-state index in [-0.39, 0.29) is 35.4 Å². The fraction of sp³-hybridized carbons (Fsp3) is 0.417. The van der Waals surface area contributed by atoms with Gasteiger partial charge in [-0.3, -0.25) is 14.4 Å². The monoisotopic (exact) mass is 671 g/mol. The Labute approximate surface area is 275 Å². The second-order valence-corrected chi connectivity index (χ2v) is 12.7. The molecule has 1 aliphatic rings. The van der Waals surface area contributed by atoms with Crippen molar-refractivity contribution in [2.45, 2.75) is 71.6 Å². The van der Waals surface area contributed by atoms with Crippen molar-refractivity contribution < 1.29 is 36.6 Å². The zero-order valence-electron chi connectivity index (χ0n) is 27.2. The molecule has 0 bridgehead atoms. The lowest BCUT2D eigenvalue weighted by Crippen LogP contribution is -2.41. The second kappa shape index (κ2) is 14.7. The first-order valence-electron chi connectivity index (χ1n) is 15.6. The van der Waals surface area contributed by atoms with E-state index in [9.17, 15) is 37.1 Å². The van der Waals surface area contributed by atoms with Gasteiger partial charge in [-0.05, 0) is 104 Å². The lowest BCUT2D eigenvalue weighted by Gasteiger charge is -2.31. The number of pyridine rings is 1. The van der Waals surface area contributed by atoms with Gasteiger partial charge in [0.05, 0.1) is 23.6 Å². The summed E-state index contributed by atoms with van der Waals surface area (Å²) >= 11 is 0. The Bertz CT molecular complexity index is 1780. The molecule has 0 radical (unpaired) electrons. The number of amides is 1. The van der Waals surface area contributed by atoms with Gasteiger partial charge in [0, 0.05) is 24.4 Å². The van der Waals surface area contributed by atoms with Crippen molar-refractivity contribution in [1.29, 1.82) is 0 Å². The first-order chi connectivity index (χ1) is 22.5. The summed E-state index contributed by atoms with van der Waals surface area (Å²) in [4.78, 5) is 41.2. The number of hydrogen-bond donors (Lipinski definition) is 2. The Morgan fingerprint density at radius 3 is 2.23 bits per heavy atom. The van der Waals surface area contributed by atoms with E-state index in [1.807, 2.05) is 4.90 Å². The van der Waals surface area contributed by atoms with Gasteiger partial charge in [0.2, 0.25) is 5.91 Å². The van der Waals surface area contributed by atoms with Gasteiger partial charge in [0.15, 0.2) is 0 Å². The molecule has 0 spiro atoms. The largest absolute Gasteiger partial charge is 0.481 e. The number of carboxylic acid groups (broad SMARTS) is 1. The number of carboxylic acids is 1.